The van der Waals surface area contributed by atoms with Crippen LogP contribution in [0.15, 0.2) is 42.5 Å². The number of nitrogens with zero attached hydrogens (tertiary/aromatic N) is 1. The van der Waals surface area contributed by atoms with Crippen LogP contribution in [0.4, 0.5) is 0 Å². The van der Waals surface area contributed by atoms with E-state index in [0.29, 0.717) is 0 Å². The van der Waals surface area contributed by atoms with Gasteiger partial charge in [-0.15, -0.1) is 0 Å². The number of hydrogen-bond donors (Lipinski definition) is 1. The molecule has 1 saturated carbocycles. The van der Waals surface area contributed by atoms with E-state index in [9.17, 15) is 0 Å². The normalized spacial score (nSPS) is 14.5. The molecular weight excluding hydrogens is 280 g/mol. The highest BCUT2D eigenvalue weighted by Gasteiger charge is 2.20. The predicted octanol–water partition coefficient (Wildman–Crippen LogP) is 1.07. The summed E-state index contributed by atoms with van der Waals surface area (Å²) >= 11 is 0. The topological polar surface area (TPSA) is 17.0 Å². The number of hydrogen-bond acceptors (Lipinski definition) is 1. The van der Waals surface area contributed by atoms with Crippen LogP contribution in [0.2, 0.25) is 0 Å². The van der Waals surface area contributed by atoms with Gasteiger partial charge in [-0.05, 0) is 43.5 Å². The Morgan fingerprint density at radius 2 is 1.81 bits per heavy atom. The van der Waals surface area contributed by atoms with Crippen LogP contribution in [0.1, 0.15) is 25.3 Å². The maximum Gasteiger partial charge on any atom is 0.0491 e. The van der Waals surface area contributed by atoms with E-state index < -0.39 is 0 Å². The number of nitrogens with one attached hydrogen (secondary N) is 1. The van der Waals surface area contributed by atoms with Gasteiger partial charge >= 0.3 is 0 Å². The zero-order valence-corrected chi connectivity index (χ0v) is 13.0. The number of halogens is 1. The molecule has 0 saturated heterocycles. The SMILES string of the molecule is CCn1c2ccccc2c2cc(CNC3CC3)ccc21.[Cl-]. The van der Waals surface area contributed by atoms with E-state index in [0.717, 1.165) is 19.1 Å². The summed E-state index contributed by atoms with van der Waals surface area (Å²) in [6.45, 7) is 4.23. The summed E-state index contributed by atoms with van der Waals surface area (Å²) in [6.07, 6.45) is 2.69. The fourth-order valence-electron chi connectivity index (χ4n) is 3.10. The molecule has 2 nitrogen and oxygen atoms in total. The zero-order chi connectivity index (χ0) is 13.5. The quantitative estimate of drug-likeness (QED) is 0.763. The van der Waals surface area contributed by atoms with E-state index in [-0.39, 0.29) is 12.4 Å². The van der Waals surface area contributed by atoms with Crippen LogP contribution in [0.5, 0.6) is 0 Å². The van der Waals surface area contributed by atoms with Crippen molar-refractivity contribution in [3.05, 3.63) is 48.0 Å². The van der Waals surface area contributed by atoms with E-state index in [2.05, 4.69) is 59.3 Å². The first-order valence-corrected chi connectivity index (χ1v) is 7.60. The molecule has 0 aliphatic heterocycles. The van der Waals surface area contributed by atoms with Crippen molar-refractivity contribution < 1.29 is 12.4 Å². The lowest BCUT2D eigenvalue weighted by Crippen LogP contribution is -3.00. The van der Waals surface area contributed by atoms with Crippen molar-refractivity contribution >= 4 is 21.8 Å². The van der Waals surface area contributed by atoms with Crippen LogP contribution in [-0.2, 0) is 13.1 Å². The van der Waals surface area contributed by atoms with Crippen molar-refractivity contribution in [3.8, 4) is 0 Å². The minimum absolute atomic E-state index is 0. The number of benzene rings is 2. The highest BCUT2D eigenvalue weighted by molar-refractivity contribution is 6.08. The van der Waals surface area contributed by atoms with Crippen molar-refractivity contribution in [2.24, 2.45) is 0 Å². The van der Waals surface area contributed by atoms with E-state index in [1.807, 2.05) is 0 Å². The fraction of sp³-hybridized carbons (Fsp3) is 0.333. The van der Waals surface area contributed by atoms with Crippen molar-refractivity contribution in [2.45, 2.75) is 38.9 Å². The van der Waals surface area contributed by atoms with Gasteiger partial charge in [-0.1, -0.05) is 24.3 Å². The average Bonchev–Trinajstić information content (AvgIpc) is 3.27. The smallest absolute Gasteiger partial charge is 0.0491 e. The molecule has 4 rings (SSSR count). The Morgan fingerprint density at radius 1 is 1.05 bits per heavy atom. The summed E-state index contributed by atoms with van der Waals surface area (Å²) in [5.74, 6) is 0. The number of aryl methyl sites for hydroxylation is 1. The second kappa shape index (κ2) is 5.70. The summed E-state index contributed by atoms with van der Waals surface area (Å²) in [6, 6.07) is 16.4. The molecule has 1 fully saturated rings. The van der Waals surface area contributed by atoms with Gasteiger partial charge in [0, 0.05) is 40.9 Å². The van der Waals surface area contributed by atoms with Gasteiger partial charge in [0.2, 0.25) is 0 Å². The van der Waals surface area contributed by atoms with Gasteiger partial charge < -0.3 is 22.3 Å². The Bertz CT molecular complexity index is 771. The van der Waals surface area contributed by atoms with Crippen LogP contribution in [0.3, 0.4) is 0 Å². The lowest BCUT2D eigenvalue weighted by atomic mass is 10.1. The third kappa shape index (κ3) is 2.54. The monoisotopic (exact) mass is 299 g/mol. The fourth-order valence-corrected chi connectivity index (χ4v) is 3.10. The molecule has 0 radical (unpaired) electrons. The van der Waals surface area contributed by atoms with Crippen LogP contribution >= 0.6 is 0 Å². The standard InChI is InChI=1S/C18H20N2.ClH/c1-2-20-17-6-4-3-5-15(17)16-11-13(7-10-18(16)20)12-19-14-8-9-14;/h3-7,10-11,14,19H,2,8-9,12H2,1H3;1H/p-1. The van der Waals surface area contributed by atoms with Crippen molar-refractivity contribution in [2.75, 3.05) is 0 Å². The van der Waals surface area contributed by atoms with Gasteiger partial charge in [-0.2, -0.15) is 0 Å². The van der Waals surface area contributed by atoms with Crippen molar-refractivity contribution in [1.29, 1.82) is 0 Å². The lowest BCUT2D eigenvalue weighted by Gasteiger charge is -2.05. The van der Waals surface area contributed by atoms with Crippen LogP contribution < -0.4 is 17.7 Å². The lowest BCUT2D eigenvalue weighted by molar-refractivity contribution is -0.00000404. The first-order valence-electron chi connectivity index (χ1n) is 7.60. The Kier molecular flexibility index (Phi) is 3.92. The number of aromatic nitrogens is 1. The van der Waals surface area contributed by atoms with Crippen molar-refractivity contribution in [3.63, 3.8) is 0 Å². The van der Waals surface area contributed by atoms with E-state index in [1.165, 1.54) is 40.2 Å². The molecule has 21 heavy (non-hydrogen) atoms. The van der Waals surface area contributed by atoms with Gasteiger partial charge in [0.25, 0.3) is 0 Å². The van der Waals surface area contributed by atoms with Crippen molar-refractivity contribution in [1.82, 2.24) is 9.88 Å². The molecule has 1 N–H and O–H groups in total. The van der Waals surface area contributed by atoms with Gasteiger partial charge in [0.15, 0.2) is 0 Å². The predicted molar refractivity (Wildman–Crippen MR) is 85.0 cm³/mol. The van der Waals surface area contributed by atoms with Gasteiger partial charge in [-0.25, -0.2) is 0 Å². The minimum Gasteiger partial charge on any atom is -1.00 e. The van der Waals surface area contributed by atoms with Gasteiger partial charge in [0.05, 0.1) is 0 Å². The molecule has 1 aliphatic carbocycles. The van der Waals surface area contributed by atoms with Gasteiger partial charge in [-0.3, -0.25) is 0 Å². The zero-order valence-electron chi connectivity index (χ0n) is 12.3. The van der Waals surface area contributed by atoms with Crippen LogP contribution in [0.25, 0.3) is 21.8 Å². The van der Waals surface area contributed by atoms with E-state index in [1.54, 1.807) is 0 Å². The van der Waals surface area contributed by atoms with Gasteiger partial charge in [0.1, 0.15) is 0 Å². The molecular formula is C18H20ClN2-. The first kappa shape index (κ1) is 14.4. The third-order valence-electron chi connectivity index (χ3n) is 4.33. The molecule has 3 aromatic rings. The minimum atomic E-state index is 0. The van der Waals surface area contributed by atoms with Crippen LogP contribution in [0, 0.1) is 0 Å². The maximum absolute atomic E-state index is 3.60. The molecule has 0 atom stereocenters. The summed E-state index contributed by atoms with van der Waals surface area (Å²) < 4.78 is 2.41. The largest absolute Gasteiger partial charge is 1.00 e. The number of para-hydroxylation sites is 1. The van der Waals surface area contributed by atoms with Crippen LogP contribution in [-0.4, -0.2) is 10.6 Å². The molecule has 2 aromatic carbocycles. The Hall–Kier alpha value is -1.51. The molecule has 0 spiro atoms. The molecule has 3 heteroatoms. The summed E-state index contributed by atoms with van der Waals surface area (Å²) in [4.78, 5) is 0. The number of rotatable bonds is 4. The summed E-state index contributed by atoms with van der Waals surface area (Å²) in [5.41, 5.74) is 4.09. The average molecular weight is 300 g/mol. The first-order chi connectivity index (χ1) is 9.86. The molecule has 1 aromatic heterocycles. The van der Waals surface area contributed by atoms with E-state index >= 15 is 0 Å². The molecule has 0 unspecified atom stereocenters. The Morgan fingerprint density at radius 3 is 2.57 bits per heavy atom. The highest BCUT2D eigenvalue weighted by Crippen LogP contribution is 2.30. The van der Waals surface area contributed by atoms with E-state index in [4.69, 9.17) is 0 Å². The summed E-state index contributed by atoms with van der Waals surface area (Å²) in [5, 5.41) is 6.36. The third-order valence-corrected chi connectivity index (χ3v) is 4.33. The summed E-state index contributed by atoms with van der Waals surface area (Å²) in [7, 11) is 0. The number of fused-ring (bicyclic) bond motifs is 3. The molecule has 110 valence electrons. The Labute approximate surface area is 131 Å². The molecule has 0 amide bonds. The Balaban J connectivity index is 0.00000132. The molecule has 1 heterocycles. The maximum atomic E-state index is 3.60. The second-order valence-electron chi connectivity index (χ2n) is 5.77. The molecule has 1 aliphatic rings. The highest BCUT2D eigenvalue weighted by atomic mass is 35.5. The molecule has 0 bridgehead atoms. The second-order valence-corrected chi connectivity index (χ2v) is 5.77.